The van der Waals surface area contributed by atoms with Crippen molar-refractivity contribution in [2.24, 2.45) is 4.99 Å². The van der Waals surface area contributed by atoms with E-state index in [1.165, 1.54) is 38.5 Å². The summed E-state index contributed by atoms with van der Waals surface area (Å²) in [5.41, 5.74) is 8.06. The van der Waals surface area contributed by atoms with Crippen LogP contribution in [0.4, 0.5) is 0 Å². The minimum atomic E-state index is 0.808. The highest BCUT2D eigenvalue weighted by molar-refractivity contribution is 6.26. The molecule has 4 nitrogen and oxygen atoms in total. The van der Waals surface area contributed by atoms with Crippen molar-refractivity contribution in [3.05, 3.63) is 121 Å². The summed E-state index contributed by atoms with van der Waals surface area (Å²) in [7, 11) is 0. The lowest BCUT2D eigenvalue weighted by Gasteiger charge is -2.14. The molecule has 3 heterocycles. The van der Waals surface area contributed by atoms with E-state index < -0.39 is 0 Å². The Bertz CT molecular complexity index is 1990. The molecule has 0 bridgehead atoms. The summed E-state index contributed by atoms with van der Waals surface area (Å²) in [6.45, 7) is 1.92. The van der Waals surface area contributed by atoms with Gasteiger partial charge in [-0.25, -0.2) is 0 Å². The van der Waals surface area contributed by atoms with Crippen molar-refractivity contribution in [3.8, 4) is 22.3 Å². The molecular weight excluding hydrogens is 476 g/mol. The van der Waals surface area contributed by atoms with Crippen molar-refractivity contribution >= 4 is 55.9 Å². The fourth-order valence-corrected chi connectivity index (χ4v) is 5.37. The van der Waals surface area contributed by atoms with Gasteiger partial charge >= 0.3 is 0 Å². The van der Waals surface area contributed by atoms with Gasteiger partial charge in [0.1, 0.15) is 0 Å². The summed E-state index contributed by atoms with van der Waals surface area (Å²) in [5, 5.41) is 15.0. The standard InChI is InChI=1S/C35H24N4/c1-2-22(17-36)34-13-9-25(20-38-34)23-7-11-30-31-12-8-24(26-10-14-35(39-21-26)27-18-37-19-27)16-33(31)29-6-4-3-5-28(29)32(30)15-23/h2-21,36H,1H3/b22-2+,36-17?. The van der Waals surface area contributed by atoms with Crippen LogP contribution in [0.5, 0.6) is 0 Å². The van der Waals surface area contributed by atoms with Gasteiger partial charge in [-0.1, -0.05) is 66.7 Å². The highest BCUT2D eigenvalue weighted by atomic mass is 14.8. The number of hydrogen-bond donors (Lipinski definition) is 1. The Labute approximate surface area is 226 Å². The average Bonchev–Trinajstić information content (AvgIpc) is 2.97. The first-order chi connectivity index (χ1) is 19.2. The number of aromatic nitrogens is 2. The highest BCUT2D eigenvalue weighted by Gasteiger charge is 2.12. The lowest BCUT2D eigenvalue weighted by Crippen LogP contribution is -1.95. The summed E-state index contributed by atoms with van der Waals surface area (Å²) in [6.07, 6.45) is 10.8. The Morgan fingerprint density at radius 3 is 1.67 bits per heavy atom. The smallest absolute Gasteiger partial charge is 0.0733 e. The van der Waals surface area contributed by atoms with Crippen molar-refractivity contribution in [1.82, 2.24) is 9.97 Å². The molecule has 0 spiro atoms. The quantitative estimate of drug-likeness (QED) is 0.190. The number of nitrogens with one attached hydrogen (secondary N) is 1. The van der Waals surface area contributed by atoms with E-state index in [-0.39, 0.29) is 0 Å². The number of hydrogen-bond acceptors (Lipinski definition) is 4. The van der Waals surface area contributed by atoms with Gasteiger partial charge in [0.05, 0.1) is 11.4 Å². The minimum Gasteiger partial charge on any atom is -0.308 e. The average molecular weight is 501 g/mol. The predicted octanol–water partition coefficient (Wildman–Crippen LogP) is 8.75. The number of allylic oxidation sites excluding steroid dienone is 3. The van der Waals surface area contributed by atoms with Crippen LogP contribution in [0.15, 0.2) is 115 Å². The number of benzene rings is 4. The van der Waals surface area contributed by atoms with Crippen LogP contribution < -0.4 is 0 Å². The Balaban J connectivity index is 1.36. The molecule has 0 unspecified atom stereocenters. The lowest BCUT2D eigenvalue weighted by atomic mass is 9.90. The molecule has 0 amide bonds. The fraction of sp³-hybridized carbons (Fsp3) is 0.0286. The second-order valence-electron chi connectivity index (χ2n) is 9.68. The Morgan fingerprint density at radius 2 is 1.21 bits per heavy atom. The molecule has 0 saturated heterocycles. The second kappa shape index (κ2) is 9.26. The molecule has 6 aromatic rings. The van der Waals surface area contributed by atoms with Gasteiger partial charge in [-0.3, -0.25) is 15.0 Å². The van der Waals surface area contributed by atoms with Crippen molar-refractivity contribution in [2.45, 2.75) is 6.92 Å². The van der Waals surface area contributed by atoms with Gasteiger partial charge in [-0.2, -0.15) is 0 Å². The molecule has 4 heteroatoms. The molecule has 184 valence electrons. The molecule has 1 aliphatic rings. The van der Waals surface area contributed by atoms with E-state index in [1.807, 2.05) is 43.9 Å². The number of pyridine rings is 2. The van der Waals surface area contributed by atoms with E-state index in [2.05, 4.69) is 93.8 Å². The summed E-state index contributed by atoms with van der Waals surface area (Å²) in [6, 6.07) is 30.3. The molecule has 1 aliphatic heterocycles. The zero-order valence-corrected chi connectivity index (χ0v) is 21.4. The van der Waals surface area contributed by atoms with E-state index in [4.69, 9.17) is 5.41 Å². The van der Waals surface area contributed by atoms with E-state index in [1.54, 1.807) is 0 Å². The molecule has 0 atom stereocenters. The molecule has 0 saturated carbocycles. The van der Waals surface area contributed by atoms with Crippen molar-refractivity contribution in [1.29, 1.82) is 5.41 Å². The largest absolute Gasteiger partial charge is 0.308 e. The van der Waals surface area contributed by atoms with Crippen LogP contribution in [0, 0.1) is 5.41 Å². The number of nitrogens with zero attached hydrogens (tertiary/aromatic N) is 3. The van der Waals surface area contributed by atoms with Crippen molar-refractivity contribution in [2.75, 3.05) is 0 Å². The van der Waals surface area contributed by atoms with Crippen LogP contribution in [-0.2, 0) is 0 Å². The molecule has 7 rings (SSSR count). The molecule has 0 aliphatic carbocycles. The lowest BCUT2D eigenvalue weighted by molar-refractivity contribution is 1.28. The van der Waals surface area contributed by atoms with Crippen LogP contribution in [0.25, 0.3) is 65.7 Å². The summed E-state index contributed by atoms with van der Waals surface area (Å²) in [5.74, 6) is 0. The third-order valence-corrected chi connectivity index (χ3v) is 7.52. The number of aliphatic imine (C=N–C) groups is 1. The van der Waals surface area contributed by atoms with Gasteiger partial charge in [0.2, 0.25) is 0 Å². The molecule has 1 N–H and O–H groups in total. The predicted molar refractivity (Wildman–Crippen MR) is 164 cm³/mol. The molecule has 0 radical (unpaired) electrons. The maximum Gasteiger partial charge on any atom is 0.0733 e. The normalized spacial score (nSPS) is 13.1. The van der Waals surface area contributed by atoms with Gasteiger partial charge in [-0.05, 0) is 74.6 Å². The first-order valence-corrected chi connectivity index (χ1v) is 13.0. The molecule has 39 heavy (non-hydrogen) atoms. The Kier molecular flexibility index (Phi) is 5.45. The third kappa shape index (κ3) is 3.85. The fourth-order valence-electron chi connectivity index (χ4n) is 5.37. The monoisotopic (exact) mass is 500 g/mol. The molecule has 4 aromatic carbocycles. The minimum absolute atomic E-state index is 0.808. The van der Waals surface area contributed by atoms with Crippen molar-refractivity contribution in [3.63, 3.8) is 0 Å². The van der Waals surface area contributed by atoms with Crippen LogP contribution in [0.2, 0.25) is 0 Å². The van der Waals surface area contributed by atoms with Crippen LogP contribution in [-0.4, -0.2) is 22.4 Å². The summed E-state index contributed by atoms with van der Waals surface area (Å²) in [4.78, 5) is 13.3. The van der Waals surface area contributed by atoms with E-state index in [0.717, 1.165) is 44.8 Å². The zero-order valence-electron chi connectivity index (χ0n) is 21.4. The maximum absolute atomic E-state index is 7.60. The first-order valence-electron chi connectivity index (χ1n) is 13.0. The van der Waals surface area contributed by atoms with Crippen molar-refractivity contribution < 1.29 is 0 Å². The van der Waals surface area contributed by atoms with Gasteiger partial charge in [0.25, 0.3) is 0 Å². The van der Waals surface area contributed by atoms with Crippen LogP contribution in [0.1, 0.15) is 18.3 Å². The topological polar surface area (TPSA) is 62.0 Å². The number of fused-ring (bicyclic) bond motifs is 6. The Morgan fingerprint density at radius 1 is 0.641 bits per heavy atom. The summed E-state index contributed by atoms with van der Waals surface area (Å²) < 4.78 is 0. The van der Waals surface area contributed by atoms with Gasteiger partial charge in [0.15, 0.2) is 0 Å². The Hall–Kier alpha value is -5.22. The summed E-state index contributed by atoms with van der Waals surface area (Å²) >= 11 is 0. The van der Waals surface area contributed by atoms with Crippen LogP contribution >= 0.6 is 0 Å². The molecule has 2 aromatic heterocycles. The van der Waals surface area contributed by atoms with E-state index in [9.17, 15) is 0 Å². The van der Waals surface area contributed by atoms with E-state index >= 15 is 0 Å². The maximum atomic E-state index is 7.60. The number of rotatable bonds is 5. The van der Waals surface area contributed by atoms with Gasteiger partial charge < -0.3 is 5.41 Å². The van der Waals surface area contributed by atoms with Gasteiger partial charge in [0, 0.05) is 53.3 Å². The first kappa shape index (κ1) is 22.9. The van der Waals surface area contributed by atoms with E-state index in [0.29, 0.717) is 0 Å². The SMILES string of the molecule is C/C=C(\C=N)c1ccc(-c2ccc3c4ccc(-c5ccc(C6=CN=C6)nc5)cc4c4ccccc4c3c2)cn1. The third-order valence-electron chi connectivity index (χ3n) is 7.52. The molecular formula is C35H24N4. The second-order valence-corrected chi connectivity index (χ2v) is 9.68. The zero-order chi connectivity index (χ0) is 26.3. The highest BCUT2D eigenvalue weighted by Crippen LogP contribution is 2.38. The molecule has 0 fully saturated rings. The van der Waals surface area contributed by atoms with Gasteiger partial charge in [-0.15, -0.1) is 0 Å². The van der Waals surface area contributed by atoms with Crippen LogP contribution in [0.3, 0.4) is 0 Å².